The number of rotatable bonds is 4. The van der Waals surface area contributed by atoms with Crippen molar-refractivity contribution in [1.29, 1.82) is 0 Å². The highest BCUT2D eigenvalue weighted by Gasteiger charge is 1.98. The van der Waals surface area contributed by atoms with Crippen LogP contribution in [0.1, 0.15) is 0 Å². The second-order valence-electron chi connectivity index (χ2n) is 1.71. The molecule has 12 heavy (non-hydrogen) atoms. The minimum absolute atomic E-state index is 0.419. The van der Waals surface area contributed by atoms with Crippen LogP contribution in [-0.2, 0) is 9.47 Å². The molecule has 5 heteroatoms. The third-order valence-electron chi connectivity index (χ3n) is 0.915. The predicted molar refractivity (Wildman–Crippen MR) is 52.9 cm³/mol. The van der Waals surface area contributed by atoms with Gasteiger partial charge in [-0.25, -0.2) is 0 Å². The maximum atomic E-state index is 4.93. The zero-order chi connectivity index (χ0) is 9.40. The Morgan fingerprint density at radius 2 is 2.08 bits per heavy atom. The summed E-state index contributed by atoms with van der Waals surface area (Å²) in [5.74, 6) is 0.419. The first-order valence-electron chi connectivity index (χ1n) is 3.17. The van der Waals surface area contributed by atoms with Crippen LogP contribution in [0.4, 0.5) is 0 Å². The Balaban J connectivity index is 4.49. The Morgan fingerprint density at radius 1 is 1.42 bits per heavy atom. The van der Waals surface area contributed by atoms with E-state index >= 15 is 0 Å². The monoisotopic (exact) mass is 234 g/mol. The van der Waals surface area contributed by atoms with Crippen LogP contribution in [0.15, 0.2) is 20.4 Å². The first kappa shape index (κ1) is 11.2. The van der Waals surface area contributed by atoms with Crippen LogP contribution in [0.2, 0.25) is 0 Å². The Hall–Kier alpha value is -0.840. The number of allylic oxidation sites excluding steroid dienone is 1. The molecular weight excluding hydrogens is 224 g/mol. The molecule has 0 aromatic rings. The van der Waals surface area contributed by atoms with Crippen LogP contribution in [-0.4, -0.2) is 33.9 Å². The zero-order valence-electron chi connectivity index (χ0n) is 7.24. The van der Waals surface area contributed by atoms with E-state index in [0.717, 1.165) is 0 Å². The summed E-state index contributed by atoms with van der Waals surface area (Å²) in [6.45, 7) is 0. The van der Waals surface area contributed by atoms with Crippen molar-refractivity contribution in [2.45, 2.75) is 0 Å². The van der Waals surface area contributed by atoms with E-state index in [1.807, 2.05) is 0 Å². The smallest absolute Gasteiger partial charge is 0.232 e. The fourth-order valence-corrected chi connectivity index (χ4v) is 0.950. The molecule has 0 aliphatic rings. The second-order valence-corrected chi connectivity index (χ2v) is 2.57. The third-order valence-corrected chi connectivity index (χ3v) is 1.46. The minimum Gasteiger partial charge on any atom is -0.486 e. The lowest BCUT2D eigenvalue weighted by Crippen LogP contribution is -1.89. The molecule has 0 rings (SSSR count). The number of methoxy groups -OCH3 is 2. The van der Waals surface area contributed by atoms with Gasteiger partial charge in [-0.3, -0.25) is 4.99 Å². The van der Waals surface area contributed by atoms with Crippen molar-refractivity contribution in [1.82, 2.24) is 0 Å². The molecule has 0 saturated carbocycles. The molecule has 4 nitrogen and oxygen atoms in total. The van der Waals surface area contributed by atoms with Gasteiger partial charge >= 0.3 is 0 Å². The average molecular weight is 235 g/mol. The molecular formula is C7H11BrN2O2. The fraction of sp³-hybridized carbons (Fsp3) is 0.429. The number of hydrogen-bond acceptors (Lipinski definition) is 4. The maximum absolute atomic E-state index is 4.93. The normalized spacial score (nSPS) is 13.7. The molecule has 0 radical (unpaired) electrons. The molecule has 0 aromatic carbocycles. The lowest BCUT2D eigenvalue weighted by molar-refractivity contribution is 0.286. The fourth-order valence-electron chi connectivity index (χ4n) is 0.481. The molecule has 0 atom stereocenters. The van der Waals surface area contributed by atoms with Gasteiger partial charge in [-0.05, 0) is 15.9 Å². The molecule has 0 heterocycles. The Morgan fingerprint density at radius 3 is 2.50 bits per heavy atom. The minimum atomic E-state index is 0.419. The topological polar surface area (TPSA) is 43.2 Å². The van der Waals surface area contributed by atoms with Crippen LogP contribution < -0.4 is 0 Å². The van der Waals surface area contributed by atoms with Crippen LogP contribution in [0.25, 0.3) is 0 Å². The van der Waals surface area contributed by atoms with Crippen molar-refractivity contribution in [2.75, 3.05) is 21.3 Å². The highest BCUT2D eigenvalue weighted by Crippen LogP contribution is 2.11. The van der Waals surface area contributed by atoms with Gasteiger partial charge in [0.05, 0.1) is 18.7 Å². The number of aliphatic imine (C=N–C) groups is 2. The molecule has 0 spiro atoms. The summed E-state index contributed by atoms with van der Waals surface area (Å²) in [5.41, 5.74) is 0. The molecule has 0 unspecified atom stereocenters. The van der Waals surface area contributed by atoms with E-state index in [-0.39, 0.29) is 0 Å². The van der Waals surface area contributed by atoms with Crippen LogP contribution in [0, 0.1) is 0 Å². The van der Waals surface area contributed by atoms with E-state index in [0.29, 0.717) is 10.4 Å². The number of halogens is 1. The highest BCUT2D eigenvalue weighted by molar-refractivity contribution is 9.12. The van der Waals surface area contributed by atoms with Crippen LogP contribution >= 0.6 is 15.9 Å². The molecule has 0 aliphatic carbocycles. The molecule has 0 aliphatic heterocycles. The molecule has 0 saturated heterocycles. The SMILES string of the molecule is C\N=C/C(Br)=C(\N=C\OC)OC. The number of ether oxygens (including phenoxy) is 2. The molecule has 68 valence electrons. The Labute approximate surface area is 80.1 Å². The summed E-state index contributed by atoms with van der Waals surface area (Å²) in [6, 6.07) is 0. The average Bonchev–Trinajstić information content (AvgIpc) is 2.06. The van der Waals surface area contributed by atoms with Crippen LogP contribution in [0.3, 0.4) is 0 Å². The van der Waals surface area contributed by atoms with Crippen molar-refractivity contribution in [3.8, 4) is 0 Å². The summed E-state index contributed by atoms with van der Waals surface area (Å²) in [5, 5.41) is 0. The predicted octanol–water partition coefficient (Wildman–Crippen LogP) is 1.57. The third kappa shape index (κ3) is 4.12. The largest absolute Gasteiger partial charge is 0.486 e. The second kappa shape index (κ2) is 6.84. The molecule has 0 aromatic heterocycles. The van der Waals surface area contributed by atoms with Crippen molar-refractivity contribution in [2.24, 2.45) is 9.98 Å². The van der Waals surface area contributed by atoms with Crippen LogP contribution in [0.5, 0.6) is 0 Å². The lowest BCUT2D eigenvalue weighted by atomic mass is 10.6. The van der Waals surface area contributed by atoms with E-state index in [1.54, 1.807) is 13.3 Å². The van der Waals surface area contributed by atoms with Gasteiger partial charge in [0.25, 0.3) is 0 Å². The van der Waals surface area contributed by atoms with E-state index < -0.39 is 0 Å². The summed E-state index contributed by atoms with van der Waals surface area (Å²) in [6.07, 6.45) is 2.87. The number of hydrogen-bond donors (Lipinski definition) is 0. The van der Waals surface area contributed by atoms with E-state index in [2.05, 4.69) is 30.7 Å². The van der Waals surface area contributed by atoms with Gasteiger partial charge < -0.3 is 9.47 Å². The number of nitrogens with zero attached hydrogens (tertiary/aromatic N) is 2. The van der Waals surface area contributed by atoms with Gasteiger partial charge in [-0.1, -0.05) is 0 Å². The van der Waals surface area contributed by atoms with Crippen molar-refractivity contribution in [3.63, 3.8) is 0 Å². The Bertz CT molecular complexity index is 211. The van der Waals surface area contributed by atoms with E-state index in [9.17, 15) is 0 Å². The molecule has 0 amide bonds. The first-order chi connectivity index (χ1) is 5.76. The quantitative estimate of drug-likeness (QED) is 0.421. The van der Waals surface area contributed by atoms with E-state index in [1.165, 1.54) is 20.6 Å². The van der Waals surface area contributed by atoms with Crippen molar-refractivity contribution in [3.05, 3.63) is 10.4 Å². The summed E-state index contributed by atoms with van der Waals surface area (Å²) in [4.78, 5) is 7.64. The summed E-state index contributed by atoms with van der Waals surface area (Å²) in [7, 11) is 4.69. The molecule has 0 bridgehead atoms. The highest BCUT2D eigenvalue weighted by atomic mass is 79.9. The summed E-state index contributed by atoms with van der Waals surface area (Å²) < 4.78 is 10.2. The van der Waals surface area contributed by atoms with Crippen molar-refractivity contribution < 1.29 is 9.47 Å². The van der Waals surface area contributed by atoms with Gasteiger partial charge in [0.1, 0.15) is 0 Å². The van der Waals surface area contributed by atoms with Gasteiger partial charge in [-0.2, -0.15) is 4.99 Å². The maximum Gasteiger partial charge on any atom is 0.232 e. The van der Waals surface area contributed by atoms with E-state index in [4.69, 9.17) is 4.74 Å². The van der Waals surface area contributed by atoms with Gasteiger partial charge in [-0.15, -0.1) is 0 Å². The van der Waals surface area contributed by atoms with Gasteiger partial charge in [0, 0.05) is 13.3 Å². The lowest BCUT2D eigenvalue weighted by Gasteiger charge is -1.99. The molecule has 0 fully saturated rings. The first-order valence-corrected chi connectivity index (χ1v) is 3.96. The zero-order valence-corrected chi connectivity index (χ0v) is 8.83. The van der Waals surface area contributed by atoms with Crippen molar-refractivity contribution >= 4 is 28.5 Å². The van der Waals surface area contributed by atoms with Gasteiger partial charge in [0.2, 0.25) is 5.88 Å². The molecule has 0 N–H and O–H groups in total. The summed E-state index contributed by atoms with van der Waals surface area (Å²) >= 11 is 3.23. The van der Waals surface area contributed by atoms with Gasteiger partial charge in [0.15, 0.2) is 6.40 Å². The standard InChI is InChI=1S/C7H11BrN2O2/c1-9-4-6(8)7(12-3)10-5-11-2/h4-5H,1-3H3/b7-6-,9-4-,10-5+. The Kier molecular flexibility index (Phi) is 6.37.